The van der Waals surface area contributed by atoms with Gasteiger partial charge in [-0.05, 0) is 146 Å². The van der Waals surface area contributed by atoms with Gasteiger partial charge in [0.15, 0.2) is 11.5 Å². The fourth-order valence-electron chi connectivity index (χ4n) is 16.2. The number of nitrogens with one attached hydrogen (secondary N) is 3. The van der Waals surface area contributed by atoms with Crippen molar-refractivity contribution in [2.24, 2.45) is 35.3 Å². The fraction of sp³-hybridized carbons (Fsp3) is 0.485. The van der Waals surface area contributed by atoms with Crippen LogP contribution in [0.25, 0.3) is 17.2 Å². The Balaban J connectivity index is 1.09. The van der Waals surface area contributed by atoms with E-state index < -0.39 is 29.5 Å². The van der Waals surface area contributed by atoms with Crippen LogP contribution < -0.4 is 35.9 Å². The van der Waals surface area contributed by atoms with Crippen LogP contribution in [0, 0.1) is 53.3 Å². The molecule has 1 spiro atoms. The van der Waals surface area contributed by atoms with E-state index in [4.69, 9.17) is 29.4 Å². The third kappa shape index (κ3) is 9.77. The standard InChI is InChI=1S/C68H74N4O8S2/c1-37(73)78-34-54-49-13-14-50-60-45(28-47(74)29-57(60)77-3)31-68-22-20-43(30-68)52-27-39-7-4-6-38(24-39)25-42-11-10-41(12-17-55-48(52)16-19-59(69)72-55)61-53(32-70-23-21-44(42)33-76-2)64(75)67-51(62(61)65(54)80-66(49)63(50)68)15-18-56-58(79-67)36-82-81-35-40-8-5-9-46(26-40)71-56/h4,6-7,13-16,18-19,24,28-29,40-44,46,52,54,56,58-59,65,70-72,74-75H,5,8-9,20-23,25-27,30-36,69H2,1-3H3. The number of aromatic hydroxyl groups is 2. The first-order valence-electron chi connectivity index (χ1n) is 29.9. The Hall–Kier alpha value is -5.97. The molecule has 2 saturated carbocycles. The first-order chi connectivity index (χ1) is 40.0. The number of ether oxygens (including phenoxy) is 5. The molecule has 0 aromatic heterocycles. The van der Waals surface area contributed by atoms with E-state index in [-0.39, 0.29) is 59.9 Å². The average molecular weight is 1140 g/mol. The molecule has 11 bridgehead atoms. The van der Waals surface area contributed by atoms with Gasteiger partial charge in [-0.15, -0.1) is 0 Å². The van der Waals surface area contributed by atoms with Crippen LogP contribution in [0.2, 0.25) is 0 Å². The zero-order valence-corrected chi connectivity index (χ0v) is 48.7. The number of rotatable bonds is 5. The van der Waals surface area contributed by atoms with Gasteiger partial charge in [0.2, 0.25) is 0 Å². The molecule has 14 rings (SSSR count). The second-order valence-corrected chi connectivity index (χ2v) is 27.4. The van der Waals surface area contributed by atoms with Crippen LogP contribution in [0.5, 0.6) is 28.7 Å². The average Bonchev–Trinajstić information content (AvgIpc) is 2.29. The summed E-state index contributed by atoms with van der Waals surface area (Å²) in [5, 5.41) is 36.5. The molecule has 4 aromatic carbocycles. The van der Waals surface area contributed by atoms with E-state index in [0.717, 1.165) is 113 Å². The van der Waals surface area contributed by atoms with Gasteiger partial charge < -0.3 is 55.6 Å². The lowest BCUT2D eigenvalue weighted by Crippen LogP contribution is -2.49. The van der Waals surface area contributed by atoms with E-state index in [0.29, 0.717) is 66.5 Å². The molecule has 6 aliphatic heterocycles. The van der Waals surface area contributed by atoms with Crippen molar-refractivity contribution in [3.63, 3.8) is 0 Å². The highest BCUT2D eigenvalue weighted by Crippen LogP contribution is 2.64. The third-order valence-corrected chi connectivity index (χ3v) is 22.4. The second-order valence-electron chi connectivity index (χ2n) is 24.9. The van der Waals surface area contributed by atoms with Crippen LogP contribution in [0.1, 0.15) is 126 Å². The number of benzene rings is 4. The smallest absolute Gasteiger partial charge is 0.302 e. The van der Waals surface area contributed by atoms with Crippen molar-refractivity contribution in [1.82, 2.24) is 16.0 Å². The van der Waals surface area contributed by atoms with E-state index in [2.05, 4.69) is 100 Å². The zero-order valence-electron chi connectivity index (χ0n) is 47.1. The molecule has 0 radical (unpaired) electrons. The fourth-order valence-corrected chi connectivity index (χ4v) is 18.8. The normalized spacial score (nSPS) is 31.7. The summed E-state index contributed by atoms with van der Waals surface area (Å²) in [5.74, 6) is 18.5. The van der Waals surface area contributed by atoms with Gasteiger partial charge in [0.05, 0.1) is 37.5 Å². The molecule has 12 nitrogen and oxygen atoms in total. The number of phenols is 2. The maximum atomic E-state index is 13.5. The molecule has 3 fully saturated rings. The Morgan fingerprint density at radius 3 is 2.67 bits per heavy atom. The third-order valence-electron chi connectivity index (χ3n) is 19.9. The molecule has 426 valence electrons. The highest BCUT2D eigenvalue weighted by Gasteiger charge is 2.53. The SMILES string of the molecule is COCC1CCNCc2c(O)c3c(c4c2C2C#CC5=C(C=CC(N)N5)C(Cc5cccc(c5)CC1C#C2)C1CCC2(Cc5cc(O)cc(OC)c5-c5ccc6c(c52)OC4C6COC(C)=O)C1)C=CC1NC2CCCC(CSSCC1O3)C2. The number of allylic oxidation sites excluding steroid dienone is 3. The number of phenolic OH excluding ortho intramolecular Hbond substituents is 2. The molecule has 0 amide bonds. The number of methoxy groups -OCH3 is 2. The van der Waals surface area contributed by atoms with Crippen LogP contribution >= 0.6 is 21.6 Å². The minimum absolute atomic E-state index is 0.0296. The number of hydrogen-bond donors (Lipinski definition) is 6. The lowest BCUT2D eigenvalue weighted by molar-refractivity contribution is -0.141. The number of nitrogens with two attached hydrogens (primary N) is 1. The van der Waals surface area contributed by atoms with Crippen molar-refractivity contribution < 1.29 is 38.7 Å². The number of carbonyl (C=O) groups excluding carboxylic acids is 1. The van der Waals surface area contributed by atoms with Crippen LogP contribution in [-0.2, 0) is 45.5 Å². The quantitative estimate of drug-likeness (QED) is 0.0635. The number of esters is 1. The van der Waals surface area contributed by atoms with Crippen LogP contribution in [-0.4, -0.2) is 86.0 Å². The summed E-state index contributed by atoms with van der Waals surface area (Å²) in [6.45, 7) is 2.98. The Morgan fingerprint density at radius 2 is 1.80 bits per heavy atom. The predicted octanol–water partition coefficient (Wildman–Crippen LogP) is 10.4. The molecular formula is C68H74N4O8S2. The first-order valence-corrected chi connectivity index (χ1v) is 32.4. The molecule has 6 heterocycles. The number of hydrogen-bond acceptors (Lipinski definition) is 14. The van der Waals surface area contributed by atoms with Gasteiger partial charge in [-0.1, -0.05) is 100 Å². The van der Waals surface area contributed by atoms with Crippen LogP contribution in [0.4, 0.5) is 0 Å². The van der Waals surface area contributed by atoms with E-state index in [1.165, 1.54) is 30.9 Å². The minimum Gasteiger partial charge on any atom is -0.508 e. The molecule has 4 aliphatic carbocycles. The molecule has 13 unspecified atom stereocenters. The molecule has 1 saturated heterocycles. The number of fused-ring (bicyclic) bond motifs is 14. The molecule has 4 aromatic rings. The minimum atomic E-state index is -0.772. The van der Waals surface area contributed by atoms with Crippen LogP contribution in [0.15, 0.2) is 78.0 Å². The summed E-state index contributed by atoms with van der Waals surface area (Å²) in [6.07, 6.45) is 17.5. The summed E-state index contributed by atoms with van der Waals surface area (Å²) >= 11 is 0. The Labute approximate surface area is 489 Å². The Bertz CT molecular complexity index is 3460. The van der Waals surface area contributed by atoms with Crippen molar-refractivity contribution in [3.8, 4) is 63.6 Å². The van der Waals surface area contributed by atoms with E-state index in [1.54, 1.807) is 20.3 Å². The van der Waals surface area contributed by atoms with Gasteiger partial charge in [0.1, 0.15) is 42.0 Å². The number of carbonyl (C=O) groups is 1. The summed E-state index contributed by atoms with van der Waals surface area (Å²) in [7, 11) is 7.25. The molecule has 82 heavy (non-hydrogen) atoms. The summed E-state index contributed by atoms with van der Waals surface area (Å²) in [6, 6.07) is 17.4. The molecule has 14 heteroatoms. The lowest BCUT2D eigenvalue weighted by atomic mass is 9.64. The van der Waals surface area contributed by atoms with Gasteiger partial charge >= 0.3 is 5.97 Å². The van der Waals surface area contributed by atoms with Crippen molar-refractivity contribution >= 4 is 33.6 Å². The van der Waals surface area contributed by atoms with Crippen molar-refractivity contribution in [2.75, 3.05) is 45.5 Å². The molecular weight excluding hydrogens is 1060 g/mol. The van der Waals surface area contributed by atoms with E-state index in [1.807, 2.05) is 27.7 Å². The topological polar surface area (TPSA) is 166 Å². The summed E-state index contributed by atoms with van der Waals surface area (Å²) in [5.41, 5.74) is 18.9. The summed E-state index contributed by atoms with van der Waals surface area (Å²) in [4.78, 5) is 13.3. The molecule has 10 aliphatic rings. The maximum Gasteiger partial charge on any atom is 0.302 e. The van der Waals surface area contributed by atoms with Crippen LogP contribution in [0.3, 0.4) is 0 Å². The largest absolute Gasteiger partial charge is 0.508 e. The zero-order chi connectivity index (χ0) is 55.8. The van der Waals surface area contributed by atoms with E-state index >= 15 is 0 Å². The van der Waals surface area contributed by atoms with Gasteiger partial charge in [-0.2, -0.15) is 0 Å². The molecule has 13 atom stereocenters. The highest BCUT2D eigenvalue weighted by molar-refractivity contribution is 8.76. The highest BCUT2D eigenvalue weighted by atomic mass is 33.1. The maximum absolute atomic E-state index is 13.5. The monoisotopic (exact) mass is 1140 g/mol. The van der Waals surface area contributed by atoms with Gasteiger partial charge in [-0.25, -0.2) is 0 Å². The number of dihydropyridines is 1. The van der Waals surface area contributed by atoms with Gasteiger partial charge in [0.25, 0.3) is 0 Å². The lowest BCUT2D eigenvalue weighted by Gasteiger charge is -2.40. The van der Waals surface area contributed by atoms with E-state index in [9.17, 15) is 15.0 Å². The Morgan fingerprint density at radius 1 is 0.927 bits per heavy atom. The summed E-state index contributed by atoms with van der Waals surface area (Å²) < 4.78 is 33.9. The van der Waals surface area contributed by atoms with Crippen molar-refractivity contribution in [2.45, 2.75) is 132 Å². The molecule has 7 N–H and O–H groups in total. The van der Waals surface area contributed by atoms with Gasteiger partial charge in [0, 0.05) is 88.9 Å². The first kappa shape index (κ1) is 54.0. The Kier molecular flexibility index (Phi) is 14.6. The predicted molar refractivity (Wildman–Crippen MR) is 323 cm³/mol. The second kappa shape index (κ2) is 22.2. The van der Waals surface area contributed by atoms with Gasteiger partial charge in [-0.3, -0.25) is 4.79 Å². The van der Waals surface area contributed by atoms with Crippen molar-refractivity contribution in [3.05, 3.63) is 128 Å². The van der Waals surface area contributed by atoms with Crippen molar-refractivity contribution in [1.29, 1.82) is 0 Å².